The number of fused-ring (bicyclic) bond motifs is 1. The summed E-state index contributed by atoms with van der Waals surface area (Å²) in [5, 5.41) is 13.4. The molecule has 3 heterocycles. The summed E-state index contributed by atoms with van der Waals surface area (Å²) in [5.41, 5.74) is 0.641. The molecule has 156 valence electrons. The van der Waals surface area contributed by atoms with Gasteiger partial charge in [0.2, 0.25) is 11.0 Å². The van der Waals surface area contributed by atoms with Gasteiger partial charge >= 0.3 is 0 Å². The van der Waals surface area contributed by atoms with Crippen LogP contribution in [0.3, 0.4) is 0 Å². The van der Waals surface area contributed by atoms with Gasteiger partial charge in [-0.25, -0.2) is 13.8 Å². The lowest BCUT2D eigenvalue weighted by Gasteiger charge is -2.21. The van der Waals surface area contributed by atoms with Crippen molar-refractivity contribution in [3.63, 3.8) is 0 Å². The molecule has 1 unspecified atom stereocenters. The van der Waals surface area contributed by atoms with E-state index in [-0.39, 0.29) is 17.3 Å². The third kappa shape index (κ3) is 4.37. The highest BCUT2D eigenvalue weighted by Crippen LogP contribution is 2.31. The molecule has 0 radical (unpaired) electrons. The van der Waals surface area contributed by atoms with Crippen LogP contribution in [0, 0.1) is 17.6 Å². The molecule has 4 rings (SSSR count). The highest BCUT2D eigenvalue weighted by molar-refractivity contribution is 8.00. The van der Waals surface area contributed by atoms with Crippen LogP contribution in [0.1, 0.15) is 24.8 Å². The van der Waals surface area contributed by atoms with E-state index in [4.69, 9.17) is 0 Å². The zero-order valence-electron chi connectivity index (χ0n) is 16.0. The minimum absolute atomic E-state index is 0.129. The first-order valence-electron chi connectivity index (χ1n) is 9.03. The van der Waals surface area contributed by atoms with Crippen LogP contribution in [0.25, 0.3) is 11.0 Å². The van der Waals surface area contributed by atoms with Crippen molar-refractivity contribution < 1.29 is 13.6 Å². The number of thiophene rings is 1. The molecule has 11 heteroatoms. The molecule has 1 atom stereocenters. The van der Waals surface area contributed by atoms with Crippen LogP contribution in [0.2, 0.25) is 0 Å². The number of amides is 1. The number of hydrogen-bond donors (Lipinski definition) is 1. The van der Waals surface area contributed by atoms with E-state index in [1.165, 1.54) is 22.5 Å². The first-order chi connectivity index (χ1) is 14.4. The number of hydrogen-bond acceptors (Lipinski definition) is 7. The molecular weight excluding hydrogens is 448 g/mol. The van der Waals surface area contributed by atoms with Crippen LogP contribution in [0.15, 0.2) is 40.3 Å². The van der Waals surface area contributed by atoms with Crippen molar-refractivity contribution in [2.75, 3.05) is 5.32 Å². The van der Waals surface area contributed by atoms with Crippen molar-refractivity contribution >= 4 is 56.5 Å². The smallest absolute Gasteiger partial charge is 0.249 e. The summed E-state index contributed by atoms with van der Waals surface area (Å²) in [7, 11) is 0. The van der Waals surface area contributed by atoms with Crippen LogP contribution < -0.4 is 5.32 Å². The molecule has 0 aliphatic rings. The zero-order valence-corrected chi connectivity index (χ0v) is 18.5. The van der Waals surface area contributed by atoms with Gasteiger partial charge in [0.25, 0.3) is 0 Å². The van der Waals surface area contributed by atoms with E-state index in [0.717, 1.165) is 22.2 Å². The molecular formula is C19H17F2N5OS3. The van der Waals surface area contributed by atoms with Crippen molar-refractivity contribution in [1.82, 2.24) is 19.7 Å². The predicted octanol–water partition coefficient (Wildman–Crippen LogP) is 5.36. The van der Waals surface area contributed by atoms with Crippen molar-refractivity contribution in [1.29, 1.82) is 0 Å². The van der Waals surface area contributed by atoms with E-state index in [0.29, 0.717) is 10.6 Å². The summed E-state index contributed by atoms with van der Waals surface area (Å²) in [6.07, 6.45) is 1.43. The molecule has 0 bridgehead atoms. The lowest BCUT2D eigenvalue weighted by Crippen LogP contribution is -2.29. The van der Waals surface area contributed by atoms with Crippen molar-refractivity contribution in [2.24, 2.45) is 5.92 Å². The average Bonchev–Trinajstić information content (AvgIpc) is 3.43. The number of aromatic nitrogens is 4. The Kier molecular flexibility index (Phi) is 6.11. The van der Waals surface area contributed by atoms with E-state index >= 15 is 0 Å². The van der Waals surface area contributed by atoms with Crippen molar-refractivity contribution in [2.45, 2.75) is 30.0 Å². The number of benzene rings is 1. The Balaban J connectivity index is 1.51. The number of carbonyl (C=O) groups is 1. The summed E-state index contributed by atoms with van der Waals surface area (Å²) in [4.78, 5) is 18.4. The fraction of sp³-hybridized carbons (Fsp3) is 0.263. The molecule has 3 aromatic heterocycles. The summed E-state index contributed by atoms with van der Waals surface area (Å²) in [6, 6.07) is 5.46. The lowest BCUT2D eigenvalue weighted by molar-refractivity contribution is -0.120. The first kappa shape index (κ1) is 20.9. The van der Waals surface area contributed by atoms with Gasteiger partial charge < -0.3 is 4.57 Å². The van der Waals surface area contributed by atoms with E-state index in [2.05, 4.69) is 26.6 Å². The van der Waals surface area contributed by atoms with E-state index < -0.39 is 17.7 Å². The first-order valence-corrected chi connectivity index (χ1v) is 11.7. The quantitative estimate of drug-likeness (QED) is 0.294. The van der Waals surface area contributed by atoms with Gasteiger partial charge in [-0.3, -0.25) is 10.1 Å². The van der Waals surface area contributed by atoms with Gasteiger partial charge in [-0.2, -0.15) is 0 Å². The van der Waals surface area contributed by atoms with E-state index in [9.17, 15) is 13.6 Å². The Labute approximate surface area is 183 Å². The fourth-order valence-corrected chi connectivity index (χ4v) is 5.55. The second kappa shape index (κ2) is 8.78. The van der Waals surface area contributed by atoms with E-state index in [1.54, 1.807) is 27.7 Å². The summed E-state index contributed by atoms with van der Waals surface area (Å²) >= 11 is 4.53. The number of thioether (sulfide) groups is 1. The fourth-order valence-electron chi connectivity index (χ4n) is 3.02. The van der Waals surface area contributed by atoms with Gasteiger partial charge in [-0.1, -0.05) is 43.0 Å². The Morgan fingerprint density at radius 2 is 2.07 bits per heavy atom. The van der Waals surface area contributed by atoms with E-state index in [1.807, 2.05) is 25.3 Å². The van der Waals surface area contributed by atoms with Crippen molar-refractivity contribution in [3.05, 3.63) is 52.5 Å². The maximum Gasteiger partial charge on any atom is 0.249 e. The number of halogens is 2. The minimum atomic E-state index is -0.983. The Hall–Kier alpha value is -2.37. The van der Waals surface area contributed by atoms with Gasteiger partial charge in [-0.05, 0) is 17.4 Å². The zero-order chi connectivity index (χ0) is 21.3. The summed E-state index contributed by atoms with van der Waals surface area (Å²) in [5.74, 6) is -1.61. The number of rotatable bonds is 7. The Morgan fingerprint density at radius 1 is 1.27 bits per heavy atom. The van der Waals surface area contributed by atoms with Gasteiger partial charge in [0.1, 0.15) is 6.04 Å². The number of imidazole rings is 1. The van der Waals surface area contributed by atoms with Crippen LogP contribution in [0.4, 0.5) is 13.9 Å². The Bertz CT molecular complexity index is 1170. The number of nitrogens with zero attached hydrogens (tertiary/aromatic N) is 4. The van der Waals surface area contributed by atoms with Gasteiger partial charge in [0, 0.05) is 22.8 Å². The number of carbonyl (C=O) groups excluding carboxylic acids is 1. The number of anilines is 1. The normalized spacial score (nSPS) is 12.6. The lowest BCUT2D eigenvalue weighted by atomic mass is 10.0. The van der Waals surface area contributed by atoms with Gasteiger partial charge in [0.05, 0.1) is 17.4 Å². The molecule has 30 heavy (non-hydrogen) atoms. The molecule has 0 saturated heterocycles. The molecule has 1 N–H and O–H groups in total. The molecule has 4 aromatic rings. The molecule has 6 nitrogen and oxygen atoms in total. The summed E-state index contributed by atoms with van der Waals surface area (Å²) < 4.78 is 29.6. The topological polar surface area (TPSA) is 72.7 Å². The SMILES string of the molecule is CC(C)C(C(=O)Nc1nnc(SCc2cccs2)s1)n1cnc2cc(F)c(F)cc21. The van der Waals surface area contributed by atoms with Gasteiger partial charge in [-0.15, -0.1) is 21.5 Å². The monoisotopic (exact) mass is 465 g/mol. The standard InChI is InChI=1S/C19H17F2N5OS3/c1-10(2)16(26-9-22-14-6-12(20)13(21)7-15(14)26)17(27)23-18-24-25-19(30-18)29-8-11-4-3-5-28-11/h3-7,9-10,16H,8H2,1-2H3,(H,23,24,27). The van der Waals surface area contributed by atoms with Gasteiger partial charge in [0.15, 0.2) is 16.0 Å². The molecule has 0 spiro atoms. The maximum atomic E-state index is 13.8. The van der Waals surface area contributed by atoms with Crippen LogP contribution in [0.5, 0.6) is 0 Å². The third-order valence-corrected chi connectivity index (χ3v) is 7.45. The highest BCUT2D eigenvalue weighted by atomic mass is 32.2. The maximum absolute atomic E-state index is 13.8. The largest absolute Gasteiger partial charge is 0.318 e. The van der Waals surface area contributed by atoms with Crippen LogP contribution in [-0.4, -0.2) is 25.7 Å². The van der Waals surface area contributed by atoms with Crippen LogP contribution >= 0.6 is 34.4 Å². The van der Waals surface area contributed by atoms with Crippen LogP contribution in [-0.2, 0) is 10.5 Å². The molecule has 0 fully saturated rings. The minimum Gasteiger partial charge on any atom is -0.318 e. The predicted molar refractivity (Wildman–Crippen MR) is 116 cm³/mol. The molecule has 0 saturated carbocycles. The second-order valence-corrected chi connectivity index (χ2v) is 10.1. The third-order valence-electron chi connectivity index (χ3n) is 4.37. The van der Waals surface area contributed by atoms with Crippen molar-refractivity contribution in [3.8, 4) is 0 Å². The molecule has 1 amide bonds. The summed E-state index contributed by atoms with van der Waals surface area (Å²) in [6.45, 7) is 3.75. The average molecular weight is 466 g/mol. The molecule has 1 aromatic carbocycles. The second-order valence-electron chi connectivity index (χ2n) is 6.83. The molecule has 0 aliphatic carbocycles. The molecule has 0 aliphatic heterocycles. The number of nitrogens with one attached hydrogen (secondary N) is 1. The highest BCUT2D eigenvalue weighted by Gasteiger charge is 2.27. The Morgan fingerprint density at radius 3 is 2.80 bits per heavy atom.